The Labute approximate surface area is 166 Å². The molecule has 0 spiro atoms. The lowest BCUT2D eigenvalue weighted by atomic mass is 9.96. The van der Waals surface area contributed by atoms with Crippen LogP contribution in [0.15, 0.2) is 48.7 Å². The molecule has 3 aromatic rings. The molecule has 0 saturated heterocycles. The van der Waals surface area contributed by atoms with Crippen LogP contribution in [0.25, 0.3) is 11.4 Å². The van der Waals surface area contributed by atoms with Crippen molar-refractivity contribution in [2.24, 2.45) is 5.73 Å². The molecule has 0 fully saturated rings. The number of amides is 2. The lowest BCUT2D eigenvalue weighted by Gasteiger charge is -2.29. The second-order valence-corrected chi connectivity index (χ2v) is 6.83. The first-order chi connectivity index (χ1) is 13.9. The van der Waals surface area contributed by atoms with Gasteiger partial charge in [-0.05, 0) is 35.7 Å². The van der Waals surface area contributed by atoms with Crippen LogP contribution < -0.4 is 11.5 Å². The highest BCUT2D eigenvalue weighted by Gasteiger charge is 2.24. The predicted molar refractivity (Wildman–Crippen MR) is 107 cm³/mol. The van der Waals surface area contributed by atoms with E-state index in [1.54, 1.807) is 23.1 Å². The van der Waals surface area contributed by atoms with Crippen molar-refractivity contribution < 1.29 is 14.7 Å². The molecule has 8 heteroatoms. The lowest BCUT2D eigenvalue weighted by molar-refractivity contribution is 0.0731. The molecule has 5 N–H and O–H groups in total. The van der Waals surface area contributed by atoms with Crippen molar-refractivity contribution in [3.8, 4) is 17.1 Å². The second kappa shape index (κ2) is 7.23. The predicted octanol–water partition coefficient (Wildman–Crippen LogP) is 1.73. The van der Waals surface area contributed by atoms with Gasteiger partial charge >= 0.3 is 0 Å². The Morgan fingerprint density at radius 3 is 2.59 bits per heavy atom. The van der Waals surface area contributed by atoms with Crippen molar-refractivity contribution in [3.63, 3.8) is 0 Å². The Balaban J connectivity index is 1.62. The highest BCUT2D eigenvalue weighted by Crippen LogP contribution is 2.27. The number of primary amides is 1. The van der Waals surface area contributed by atoms with Crippen molar-refractivity contribution in [2.45, 2.75) is 13.0 Å². The number of phenols is 1. The van der Waals surface area contributed by atoms with E-state index in [0.717, 1.165) is 16.7 Å². The van der Waals surface area contributed by atoms with E-state index >= 15 is 0 Å². The van der Waals surface area contributed by atoms with Gasteiger partial charge in [-0.25, -0.2) is 9.97 Å². The molecule has 2 heterocycles. The van der Waals surface area contributed by atoms with Gasteiger partial charge in [0.1, 0.15) is 11.6 Å². The van der Waals surface area contributed by atoms with Gasteiger partial charge in [-0.2, -0.15) is 0 Å². The number of fused-ring (bicyclic) bond motifs is 1. The van der Waals surface area contributed by atoms with E-state index in [1.807, 2.05) is 18.2 Å². The molecule has 0 unspecified atom stereocenters. The second-order valence-electron chi connectivity index (χ2n) is 6.83. The van der Waals surface area contributed by atoms with Crippen LogP contribution in [0, 0.1) is 0 Å². The first kappa shape index (κ1) is 18.4. The number of nitrogens with zero attached hydrogens (tertiary/aromatic N) is 3. The van der Waals surface area contributed by atoms with Crippen LogP contribution in [0.4, 0.5) is 5.82 Å². The molecule has 146 valence electrons. The lowest BCUT2D eigenvalue weighted by Crippen LogP contribution is -2.36. The number of anilines is 1. The molecule has 1 aliphatic rings. The molecule has 1 aliphatic heterocycles. The summed E-state index contributed by atoms with van der Waals surface area (Å²) in [7, 11) is 0. The summed E-state index contributed by atoms with van der Waals surface area (Å²) in [5.74, 6) is -0.533. The number of phenolic OH excluding ortho intramolecular Hbond substituents is 1. The van der Waals surface area contributed by atoms with Crippen LogP contribution in [0.5, 0.6) is 5.75 Å². The van der Waals surface area contributed by atoms with Crippen LogP contribution in [0.3, 0.4) is 0 Å². The fraction of sp³-hybridized carbons (Fsp3) is 0.143. The Hall–Kier alpha value is -3.94. The Morgan fingerprint density at radius 2 is 1.86 bits per heavy atom. The van der Waals surface area contributed by atoms with Crippen LogP contribution in [-0.4, -0.2) is 38.3 Å². The molecule has 2 aromatic carbocycles. The maximum Gasteiger partial charge on any atom is 0.257 e. The zero-order chi connectivity index (χ0) is 20.5. The van der Waals surface area contributed by atoms with Crippen molar-refractivity contribution in [3.05, 3.63) is 70.9 Å². The zero-order valence-corrected chi connectivity index (χ0v) is 15.5. The summed E-state index contributed by atoms with van der Waals surface area (Å²) in [5, 5.41) is 9.98. The number of carbonyl (C=O) groups excluding carboxylic acids is 2. The van der Waals surface area contributed by atoms with Crippen molar-refractivity contribution in [2.75, 3.05) is 12.3 Å². The number of aromatic hydroxyl groups is 1. The Morgan fingerprint density at radius 1 is 1.07 bits per heavy atom. The molecule has 0 radical (unpaired) electrons. The topological polar surface area (TPSA) is 135 Å². The SMILES string of the molecule is NC(=O)c1cnc(-c2ccc3c(c2)CN(C(=O)c2ccccc2O)CC3)nc1N. The van der Waals surface area contributed by atoms with E-state index in [1.165, 1.54) is 12.3 Å². The van der Waals surface area contributed by atoms with Gasteiger partial charge in [-0.3, -0.25) is 9.59 Å². The summed E-state index contributed by atoms with van der Waals surface area (Å²) in [6, 6.07) is 12.3. The monoisotopic (exact) mass is 389 g/mol. The number of nitrogen functional groups attached to an aromatic ring is 1. The molecule has 0 atom stereocenters. The normalized spacial score (nSPS) is 13.0. The van der Waals surface area contributed by atoms with Gasteiger partial charge in [0.2, 0.25) is 0 Å². The molecule has 29 heavy (non-hydrogen) atoms. The van der Waals surface area contributed by atoms with Gasteiger partial charge in [0.15, 0.2) is 5.82 Å². The van der Waals surface area contributed by atoms with E-state index in [4.69, 9.17) is 11.5 Å². The number of hydrogen-bond acceptors (Lipinski definition) is 6. The number of rotatable bonds is 3. The minimum Gasteiger partial charge on any atom is -0.507 e. The highest BCUT2D eigenvalue weighted by atomic mass is 16.3. The summed E-state index contributed by atoms with van der Waals surface area (Å²) < 4.78 is 0. The third-order valence-electron chi connectivity index (χ3n) is 4.98. The van der Waals surface area contributed by atoms with Crippen LogP contribution in [0.1, 0.15) is 31.8 Å². The van der Waals surface area contributed by atoms with Crippen LogP contribution in [0.2, 0.25) is 0 Å². The number of aromatic nitrogens is 2. The Bertz CT molecular complexity index is 1130. The number of nitrogens with two attached hydrogens (primary N) is 2. The molecule has 8 nitrogen and oxygen atoms in total. The van der Waals surface area contributed by atoms with Crippen LogP contribution in [-0.2, 0) is 13.0 Å². The number of hydrogen-bond donors (Lipinski definition) is 3. The standard InChI is InChI=1S/C21H19N5O3/c22-18-16(19(23)28)10-24-20(25-18)13-6-5-12-7-8-26(11-14(12)9-13)21(29)15-3-1-2-4-17(15)27/h1-6,9-10,27H,7-8,11H2,(H2,23,28)(H2,22,24,25). The first-order valence-electron chi connectivity index (χ1n) is 9.06. The Kier molecular flexibility index (Phi) is 4.59. The van der Waals surface area contributed by atoms with Crippen LogP contribution >= 0.6 is 0 Å². The van der Waals surface area contributed by atoms with E-state index < -0.39 is 5.91 Å². The number of benzene rings is 2. The third-order valence-corrected chi connectivity index (χ3v) is 4.98. The van der Waals surface area contributed by atoms with E-state index in [0.29, 0.717) is 25.3 Å². The number of para-hydroxylation sites is 1. The molecule has 0 bridgehead atoms. The molecular weight excluding hydrogens is 370 g/mol. The van der Waals surface area contributed by atoms with E-state index in [9.17, 15) is 14.7 Å². The first-order valence-corrected chi connectivity index (χ1v) is 9.06. The van der Waals surface area contributed by atoms with Gasteiger partial charge in [0.05, 0.1) is 11.1 Å². The third kappa shape index (κ3) is 3.47. The fourth-order valence-corrected chi connectivity index (χ4v) is 3.42. The van der Waals surface area contributed by atoms with Crippen molar-refractivity contribution >= 4 is 17.6 Å². The summed E-state index contributed by atoms with van der Waals surface area (Å²) in [5.41, 5.74) is 14.2. The smallest absolute Gasteiger partial charge is 0.257 e. The number of carbonyl (C=O) groups is 2. The largest absolute Gasteiger partial charge is 0.507 e. The van der Waals surface area contributed by atoms with Gasteiger partial charge in [0, 0.05) is 24.8 Å². The average molecular weight is 389 g/mol. The van der Waals surface area contributed by atoms with Gasteiger partial charge < -0.3 is 21.5 Å². The van der Waals surface area contributed by atoms with E-state index in [-0.39, 0.29) is 28.6 Å². The quantitative estimate of drug-likeness (QED) is 0.624. The minimum atomic E-state index is -0.683. The molecule has 0 saturated carbocycles. The fourth-order valence-electron chi connectivity index (χ4n) is 3.42. The highest BCUT2D eigenvalue weighted by molar-refractivity contribution is 5.97. The summed E-state index contributed by atoms with van der Waals surface area (Å²) in [6.07, 6.45) is 2.02. The molecule has 1 aromatic heterocycles. The molecule has 0 aliphatic carbocycles. The summed E-state index contributed by atoms with van der Waals surface area (Å²) >= 11 is 0. The maximum absolute atomic E-state index is 12.8. The van der Waals surface area contributed by atoms with E-state index in [2.05, 4.69) is 9.97 Å². The van der Waals surface area contributed by atoms with Gasteiger partial charge in [0.25, 0.3) is 11.8 Å². The average Bonchev–Trinajstić information content (AvgIpc) is 2.72. The van der Waals surface area contributed by atoms with Crippen molar-refractivity contribution in [1.82, 2.24) is 14.9 Å². The molecular formula is C21H19N5O3. The summed E-state index contributed by atoms with van der Waals surface area (Å²) in [6.45, 7) is 0.974. The molecule has 4 rings (SSSR count). The molecule has 2 amide bonds. The van der Waals surface area contributed by atoms with Gasteiger partial charge in [-0.15, -0.1) is 0 Å². The maximum atomic E-state index is 12.8. The zero-order valence-electron chi connectivity index (χ0n) is 15.5. The minimum absolute atomic E-state index is 0.0246. The van der Waals surface area contributed by atoms with Gasteiger partial charge in [-0.1, -0.05) is 24.3 Å². The van der Waals surface area contributed by atoms with Crippen molar-refractivity contribution in [1.29, 1.82) is 0 Å². The summed E-state index contributed by atoms with van der Waals surface area (Å²) in [4.78, 5) is 34.2.